The first-order chi connectivity index (χ1) is 19.8. The molecule has 11 heteroatoms. The number of carbonyl (C=O) groups excluding carboxylic acids is 3. The van der Waals surface area contributed by atoms with Crippen molar-refractivity contribution in [1.29, 1.82) is 0 Å². The fourth-order valence-electron chi connectivity index (χ4n) is 5.24. The number of pyridine rings is 1. The Morgan fingerprint density at radius 2 is 1.54 bits per heavy atom. The Kier molecular flexibility index (Phi) is 8.53. The highest BCUT2D eigenvalue weighted by atomic mass is 19.2. The molecule has 0 atom stereocenters. The smallest absolute Gasteiger partial charge is 0.255 e. The van der Waals surface area contributed by atoms with Crippen molar-refractivity contribution in [3.63, 3.8) is 0 Å². The van der Waals surface area contributed by atoms with E-state index in [1.807, 2.05) is 4.90 Å². The third kappa shape index (κ3) is 6.68. The number of amides is 3. The van der Waals surface area contributed by atoms with Crippen LogP contribution in [0.5, 0.6) is 0 Å². The van der Waals surface area contributed by atoms with E-state index in [4.69, 9.17) is 5.73 Å². The van der Waals surface area contributed by atoms with Gasteiger partial charge in [0.05, 0.1) is 16.9 Å². The van der Waals surface area contributed by atoms with Gasteiger partial charge in [0.15, 0.2) is 11.6 Å². The number of aromatic nitrogens is 1. The Morgan fingerprint density at radius 1 is 0.829 bits per heavy atom. The van der Waals surface area contributed by atoms with E-state index < -0.39 is 17.5 Å². The third-order valence-corrected chi connectivity index (χ3v) is 7.61. The summed E-state index contributed by atoms with van der Waals surface area (Å²) in [7, 11) is 0. The van der Waals surface area contributed by atoms with Crippen molar-refractivity contribution in [1.82, 2.24) is 15.2 Å². The summed E-state index contributed by atoms with van der Waals surface area (Å²) in [4.78, 5) is 46.8. The number of nitrogens with one attached hydrogen (secondary N) is 2. The summed E-state index contributed by atoms with van der Waals surface area (Å²) in [6.45, 7) is 1.84. The van der Waals surface area contributed by atoms with Crippen molar-refractivity contribution in [3.05, 3.63) is 89.2 Å². The molecule has 3 amide bonds. The topological polar surface area (TPSA) is 121 Å². The van der Waals surface area contributed by atoms with Gasteiger partial charge in [-0.3, -0.25) is 19.4 Å². The molecule has 2 fully saturated rings. The summed E-state index contributed by atoms with van der Waals surface area (Å²) in [5, 5.41) is 5.83. The number of carbonyl (C=O) groups is 3. The molecule has 0 radical (unpaired) electrons. The molecule has 1 aliphatic heterocycles. The van der Waals surface area contributed by atoms with E-state index in [-0.39, 0.29) is 29.5 Å². The molecule has 0 spiro atoms. The van der Waals surface area contributed by atoms with Gasteiger partial charge < -0.3 is 26.2 Å². The van der Waals surface area contributed by atoms with Gasteiger partial charge in [-0.15, -0.1) is 0 Å². The highest BCUT2D eigenvalue weighted by molar-refractivity contribution is 6.07. The van der Waals surface area contributed by atoms with Crippen LogP contribution in [0.1, 0.15) is 56.8 Å². The van der Waals surface area contributed by atoms with Crippen molar-refractivity contribution in [2.75, 3.05) is 36.4 Å². The quantitative estimate of drug-likeness (QED) is 0.423. The highest BCUT2D eigenvalue weighted by Crippen LogP contribution is 2.30. The van der Waals surface area contributed by atoms with Gasteiger partial charge in [-0.1, -0.05) is 0 Å². The van der Waals surface area contributed by atoms with Crippen LogP contribution < -0.4 is 21.3 Å². The van der Waals surface area contributed by atoms with Gasteiger partial charge in [-0.2, -0.15) is 0 Å². The Bertz CT molecular complexity index is 1420. The van der Waals surface area contributed by atoms with Gasteiger partial charge in [0.2, 0.25) is 0 Å². The summed E-state index contributed by atoms with van der Waals surface area (Å²) in [6.07, 6.45) is 6.42. The number of benzene rings is 2. The lowest BCUT2D eigenvalue weighted by molar-refractivity contribution is 0.0746. The molecule has 1 aliphatic carbocycles. The van der Waals surface area contributed by atoms with E-state index in [9.17, 15) is 23.2 Å². The van der Waals surface area contributed by atoms with Crippen LogP contribution in [0.3, 0.4) is 0 Å². The minimum absolute atomic E-state index is 0.0210. The van der Waals surface area contributed by atoms with Crippen LogP contribution in [0.25, 0.3) is 0 Å². The minimum atomic E-state index is -1.13. The van der Waals surface area contributed by atoms with Crippen LogP contribution >= 0.6 is 0 Å². The molecule has 0 bridgehead atoms. The molecule has 9 nitrogen and oxygen atoms in total. The van der Waals surface area contributed by atoms with Gasteiger partial charge in [0.1, 0.15) is 0 Å². The molecule has 41 heavy (non-hydrogen) atoms. The van der Waals surface area contributed by atoms with Crippen molar-refractivity contribution in [3.8, 4) is 0 Å². The van der Waals surface area contributed by atoms with E-state index in [1.165, 1.54) is 12.3 Å². The number of piperazine rings is 1. The molecule has 5 rings (SSSR count). The van der Waals surface area contributed by atoms with E-state index >= 15 is 0 Å². The predicted molar refractivity (Wildman–Crippen MR) is 151 cm³/mol. The predicted octanol–water partition coefficient (Wildman–Crippen LogP) is 3.57. The summed E-state index contributed by atoms with van der Waals surface area (Å²) in [6, 6.07) is 11.6. The standard InChI is InChI=1S/C30H32F2N6O3/c31-24-9-3-19(16-25(24)32)29(40)36-26-17-20(28(39)35-23-7-5-22(33)6-8-23)4-10-27(26)37-12-14-38(15-13-37)30(41)21-2-1-11-34-18-21/h1-4,9-11,16-18,22-23H,5-8,12-15,33H2,(H,35,39)(H,36,40). The number of anilines is 2. The SMILES string of the molecule is NC1CCC(NC(=O)c2ccc(N3CCN(C(=O)c4cccnc4)CC3)c(NC(=O)c3ccc(F)c(F)c3)c2)CC1. The second-order valence-electron chi connectivity index (χ2n) is 10.4. The number of nitrogens with zero attached hydrogens (tertiary/aromatic N) is 3. The maximum Gasteiger partial charge on any atom is 0.255 e. The Morgan fingerprint density at radius 3 is 2.22 bits per heavy atom. The average molecular weight is 563 g/mol. The van der Waals surface area contributed by atoms with Crippen LogP contribution in [0.4, 0.5) is 20.2 Å². The number of nitrogens with two attached hydrogens (primary N) is 1. The molecule has 1 saturated carbocycles. The number of hydrogen-bond acceptors (Lipinski definition) is 6. The Balaban J connectivity index is 1.35. The molecule has 2 heterocycles. The molecule has 2 aliphatic rings. The minimum Gasteiger partial charge on any atom is -0.366 e. The Labute approximate surface area is 236 Å². The van der Waals surface area contributed by atoms with Crippen LogP contribution in [-0.4, -0.2) is 65.9 Å². The largest absolute Gasteiger partial charge is 0.366 e. The zero-order chi connectivity index (χ0) is 28.9. The molecule has 4 N–H and O–H groups in total. The van der Waals surface area contributed by atoms with Gasteiger partial charge >= 0.3 is 0 Å². The van der Waals surface area contributed by atoms with Crippen LogP contribution in [-0.2, 0) is 0 Å². The molecular weight excluding hydrogens is 530 g/mol. The van der Waals surface area contributed by atoms with Crippen LogP contribution in [0, 0.1) is 11.6 Å². The van der Waals surface area contributed by atoms with E-state index in [0.29, 0.717) is 48.7 Å². The first-order valence-corrected chi connectivity index (χ1v) is 13.7. The molecule has 1 saturated heterocycles. The summed E-state index contributed by atoms with van der Waals surface area (Å²) in [5.74, 6) is -3.21. The van der Waals surface area contributed by atoms with E-state index in [0.717, 1.165) is 37.8 Å². The molecule has 2 aromatic carbocycles. The fourth-order valence-corrected chi connectivity index (χ4v) is 5.24. The van der Waals surface area contributed by atoms with Crippen LogP contribution in [0.15, 0.2) is 60.9 Å². The molecular formula is C30H32F2N6O3. The number of halogens is 2. The molecule has 0 unspecified atom stereocenters. The van der Waals surface area contributed by atoms with Gasteiger partial charge in [-0.05, 0) is 74.2 Å². The first kappa shape index (κ1) is 28.2. The maximum atomic E-state index is 13.8. The summed E-state index contributed by atoms with van der Waals surface area (Å²) < 4.78 is 27.3. The summed E-state index contributed by atoms with van der Waals surface area (Å²) >= 11 is 0. The fraction of sp³-hybridized carbons (Fsp3) is 0.333. The maximum absolute atomic E-state index is 13.8. The normalized spacial score (nSPS) is 19.0. The zero-order valence-electron chi connectivity index (χ0n) is 22.5. The van der Waals surface area contributed by atoms with Crippen molar-refractivity contribution in [2.45, 2.75) is 37.8 Å². The Hall–Kier alpha value is -4.38. The van der Waals surface area contributed by atoms with Gasteiger partial charge in [0.25, 0.3) is 17.7 Å². The zero-order valence-corrected chi connectivity index (χ0v) is 22.5. The average Bonchev–Trinajstić information content (AvgIpc) is 3.00. The monoisotopic (exact) mass is 562 g/mol. The molecule has 214 valence electrons. The second-order valence-corrected chi connectivity index (χ2v) is 10.4. The molecule has 1 aromatic heterocycles. The van der Waals surface area contributed by atoms with Crippen molar-refractivity contribution in [2.24, 2.45) is 5.73 Å². The van der Waals surface area contributed by atoms with Gasteiger partial charge in [0, 0.05) is 61.8 Å². The lowest BCUT2D eigenvalue weighted by Crippen LogP contribution is -2.49. The van der Waals surface area contributed by atoms with Crippen molar-refractivity contribution < 1.29 is 23.2 Å². The summed E-state index contributed by atoms with van der Waals surface area (Å²) in [5.41, 5.74) is 7.79. The lowest BCUT2D eigenvalue weighted by Gasteiger charge is -2.37. The van der Waals surface area contributed by atoms with Gasteiger partial charge in [-0.25, -0.2) is 8.78 Å². The first-order valence-electron chi connectivity index (χ1n) is 13.7. The second kappa shape index (κ2) is 12.4. The van der Waals surface area contributed by atoms with Crippen LogP contribution in [0.2, 0.25) is 0 Å². The molecule has 3 aromatic rings. The van der Waals surface area contributed by atoms with E-state index in [2.05, 4.69) is 15.6 Å². The lowest BCUT2D eigenvalue weighted by atomic mass is 9.91. The third-order valence-electron chi connectivity index (χ3n) is 7.61. The highest BCUT2D eigenvalue weighted by Gasteiger charge is 2.26. The number of rotatable bonds is 6. The number of hydrogen-bond donors (Lipinski definition) is 3. The van der Waals surface area contributed by atoms with E-state index in [1.54, 1.807) is 41.4 Å². The van der Waals surface area contributed by atoms with Crippen molar-refractivity contribution >= 4 is 29.1 Å².